The minimum atomic E-state index is -7.38. The molecular weight excluding hydrogens is 412 g/mol. The van der Waals surface area contributed by atoms with Crippen LogP contribution in [0.2, 0.25) is 0 Å². The fourth-order valence-electron chi connectivity index (χ4n) is 0.771. The highest BCUT2D eigenvalue weighted by Gasteiger charge is 2.79. The van der Waals surface area contributed by atoms with Crippen LogP contribution in [0.5, 0.6) is 0 Å². The molecule has 0 fully saturated rings. The summed E-state index contributed by atoms with van der Waals surface area (Å²) in [6.07, 6.45) is -26.3. The number of ether oxygens (including phenoxy) is 2. The minimum absolute atomic E-state index is 1.66. The quantitative estimate of drug-likeness (QED) is 0.534. The van der Waals surface area contributed by atoms with Crippen LogP contribution < -0.4 is 0 Å². The molecule has 0 aromatic rings. The summed E-state index contributed by atoms with van der Waals surface area (Å²) in [4.78, 5) is 0. The predicted molar refractivity (Wildman–Crippen MR) is 44.5 cm³/mol. The number of hydrogen-bond acceptors (Lipinski definition) is 4. The van der Waals surface area contributed by atoms with Crippen LogP contribution in [-0.4, -0.2) is 49.1 Å². The second kappa shape index (κ2) is 6.06. The van der Waals surface area contributed by atoms with Gasteiger partial charge in [-0.15, -0.1) is 0 Å². The van der Waals surface area contributed by atoms with Crippen LogP contribution in [-0.2, 0) is 19.6 Å². The summed E-state index contributed by atoms with van der Waals surface area (Å²) in [5.41, 5.74) is -6.73. The predicted octanol–water partition coefficient (Wildman–Crippen LogP) is 3.14. The van der Waals surface area contributed by atoms with Crippen molar-refractivity contribution < 1.29 is 75.1 Å². The van der Waals surface area contributed by atoms with Gasteiger partial charge in [0.1, 0.15) is 0 Å². The fourth-order valence-corrected chi connectivity index (χ4v) is 0.991. The van der Waals surface area contributed by atoms with Crippen molar-refractivity contribution in [3.63, 3.8) is 0 Å². The molecule has 2 atom stereocenters. The number of rotatable bonds is 6. The summed E-state index contributed by atoms with van der Waals surface area (Å²) in [6.45, 7) is 0. The molecule has 0 spiro atoms. The summed E-state index contributed by atoms with van der Waals surface area (Å²) >= 11 is 0. The Morgan fingerprint density at radius 3 is 1.46 bits per heavy atom. The van der Waals surface area contributed by atoms with Gasteiger partial charge >= 0.3 is 39.9 Å². The molecule has 0 saturated heterocycles. The number of hydrogen-bond donors (Lipinski definition) is 1. The van der Waals surface area contributed by atoms with Crippen LogP contribution in [0.1, 0.15) is 0 Å². The van der Waals surface area contributed by atoms with E-state index < -0.39 is 46.2 Å². The van der Waals surface area contributed by atoms with Gasteiger partial charge in [0, 0.05) is 0 Å². The molecule has 0 saturated carbocycles. The lowest BCUT2D eigenvalue weighted by molar-refractivity contribution is -0.506. The molecule has 1 N–H and O–H groups in total. The van der Waals surface area contributed by atoms with E-state index in [2.05, 4.69) is 0 Å². The second-order valence-electron chi connectivity index (χ2n) is 3.63. The molecule has 146 valence electrons. The van der Waals surface area contributed by atoms with Gasteiger partial charge in [0.05, 0.1) is 0 Å². The first-order valence-corrected chi connectivity index (χ1v) is 6.09. The molecule has 0 aliphatic heterocycles. The van der Waals surface area contributed by atoms with E-state index in [1.807, 2.05) is 0 Å². The van der Waals surface area contributed by atoms with Crippen molar-refractivity contribution in [1.29, 1.82) is 0 Å². The highest BCUT2D eigenvalue weighted by molar-refractivity contribution is 7.86. The molecule has 0 bridgehead atoms. The van der Waals surface area contributed by atoms with Gasteiger partial charge in [0.15, 0.2) is 0 Å². The van der Waals surface area contributed by atoms with Crippen molar-refractivity contribution in [2.75, 3.05) is 0 Å². The summed E-state index contributed by atoms with van der Waals surface area (Å²) < 4.78 is 179. The van der Waals surface area contributed by atoms with Crippen molar-refractivity contribution >= 4 is 10.1 Å². The summed E-state index contributed by atoms with van der Waals surface area (Å²) in [5.74, 6) is -7.31. The van der Waals surface area contributed by atoms with Gasteiger partial charge < -0.3 is 0 Å². The normalized spacial score (nSPS) is 19.0. The average Bonchev–Trinajstić information content (AvgIpc) is 2.22. The molecule has 5 nitrogen and oxygen atoms in total. The largest absolute Gasteiger partial charge is 0.491 e. The lowest BCUT2D eigenvalue weighted by Gasteiger charge is -2.35. The second-order valence-corrected chi connectivity index (χ2v) is 5.05. The van der Waals surface area contributed by atoms with E-state index in [1.54, 1.807) is 9.47 Å². The Labute approximate surface area is 122 Å². The Morgan fingerprint density at radius 2 is 1.21 bits per heavy atom. The lowest BCUT2D eigenvalue weighted by Crippen LogP contribution is -2.63. The van der Waals surface area contributed by atoms with Crippen LogP contribution in [0.3, 0.4) is 0 Å². The van der Waals surface area contributed by atoms with Crippen molar-refractivity contribution in [1.82, 2.24) is 0 Å². The monoisotopic (exact) mass is 414 g/mol. The maximum Gasteiger partial charge on any atom is 0.491 e. The van der Waals surface area contributed by atoms with Gasteiger partial charge in [-0.25, -0.2) is 4.39 Å². The van der Waals surface area contributed by atoms with Crippen molar-refractivity contribution in [2.45, 2.75) is 36.1 Å². The summed E-state index contributed by atoms with van der Waals surface area (Å²) in [7, 11) is -7.11. The molecule has 0 aromatic heterocycles. The Hall–Kier alpha value is -1.01. The maximum atomic E-state index is 13.2. The van der Waals surface area contributed by atoms with Crippen LogP contribution in [0.15, 0.2) is 0 Å². The van der Waals surface area contributed by atoms with E-state index in [9.17, 15) is 61.1 Å². The number of alkyl halides is 12. The fraction of sp³-hybridized carbons (Fsp3) is 1.00. The third kappa shape index (κ3) is 4.54. The van der Waals surface area contributed by atoms with E-state index in [1.165, 1.54) is 0 Å². The van der Waals surface area contributed by atoms with E-state index in [4.69, 9.17) is 4.55 Å². The van der Waals surface area contributed by atoms with E-state index >= 15 is 0 Å². The smallest absolute Gasteiger partial charge is 0.279 e. The zero-order chi connectivity index (χ0) is 20.0. The molecule has 0 radical (unpaired) electrons. The van der Waals surface area contributed by atoms with Crippen molar-refractivity contribution in [2.24, 2.45) is 0 Å². The standard InChI is InChI=1S/C6H2F12O5S/c7-1(2(8,9)10)22-5(15,16)3(11,4(12,13)14)23-6(17,18)24(19,20)21/h1H,(H,19,20,21). The van der Waals surface area contributed by atoms with Gasteiger partial charge in [-0.2, -0.15) is 56.7 Å². The van der Waals surface area contributed by atoms with Crippen LogP contribution in [0.25, 0.3) is 0 Å². The average molecular weight is 414 g/mol. The molecule has 24 heavy (non-hydrogen) atoms. The third-order valence-electron chi connectivity index (χ3n) is 1.81. The first-order valence-electron chi connectivity index (χ1n) is 4.65. The summed E-state index contributed by atoms with van der Waals surface area (Å²) in [5, 5.41) is 0. The van der Waals surface area contributed by atoms with Gasteiger partial charge in [0.25, 0.3) is 6.36 Å². The molecular formula is C6H2F12O5S. The first-order chi connectivity index (χ1) is 10.1. The molecule has 0 rings (SSSR count). The third-order valence-corrected chi connectivity index (χ3v) is 2.49. The Morgan fingerprint density at radius 1 is 0.833 bits per heavy atom. The minimum Gasteiger partial charge on any atom is -0.279 e. The van der Waals surface area contributed by atoms with Crippen molar-refractivity contribution in [3.8, 4) is 0 Å². The molecule has 18 heteroatoms. The van der Waals surface area contributed by atoms with Gasteiger partial charge in [0.2, 0.25) is 0 Å². The van der Waals surface area contributed by atoms with Crippen LogP contribution in [0.4, 0.5) is 52.7 Å². The topological polar surface area (TPSA) is 72.8 Å². The molecule has 0 aliphatic rings. The van der Waals surface area contributed by atoms with Crippen LogP contribution >= 0.6 is 0 Å². The molecule has 0 amide bonds. The van der Waals surface area contributed by atoms with E-state index in [0.29, 0.717) is 0 Å². The zero-order valence-electron chi connectivity index (χ0n) is 10.1. The van der Waals surface area contributed by atoms with Gasteiger partial charge in [-0.3, -0.25) is 14.0 Å². The zero-order valence-corrected chi connectivity index (χ0v) is 10.9. The Kier molecular flexibility index (Phi) is 5.80. The van der Waals surface area contributed by atoms with Crippen LogP contribution in [0, 0.1) is 0 Å². The molecule has 2 unspecified atom stereocenters. The number of halogens is 12. The van der Waals surface area contributed by atoms with Gasteiger partial charge in [-0.1, -0.05) is 0 Å². The van der Waals surface area contributed by atoms with E-state index in [-0.39, 0.29) is 0 Å². The molecule has 0 aliphatic carbocycles. The maximum absolute atomic E-state index is 13.2. The highest BCUT2D eigenvalue weighted by Crippen LogP contribution is 2.51. The Balaban J connectivity index is 6.03. The summed E-state index contributed by atoms with van der Waals surface area (Å²) in [6, 6.07) is 0. The lowest BCUT2D eigenvalue weighted by atomic mass is 10.2. The highest BCUT2D eigenvalue weighted by atomic mass is 32.2. The van der Waals surface area contributed by atoms with Crippen molar-refractivity contribution in [3.05, 3.63) is 0 Å². The van der Waals surface area contributed by atoms with Gasteiger partial charge in [-0.05, 0) is 0 Å². The molecule has 0 heterocycles. The Bertz CT molecular complexity index is 551. The van der Waals surface area contributed by atoms with E-state index in [0.717, 1.165) is 0 Å². The first kappa shape index (κ1) is 23.0. The molecule has 0 aromatic carbocycles. The SMILES string of the molecule is O=S(=O)(O)C(F)(F)OC(F)(C(F)(F)F)C(F)(F)OC(F)C(F)(F)F.